The van der Waals surface area contributed by atoms with Crippen molar-refractivity contribution in [1.29, 1.82) is 0 Å². The Labute approximate surface area is 146 Å². The van der Waals surface area contributed by atoms with Crippen LogP contribution in [-0.4, -0.2) is 36.3 Å². The quantitative estimate of drug-likeness (QED) is 0.449. The van der Waals surface area contributed by atoms with Crippen molar-refractivity contribution in [3.8, 4) is 5.75 Å². The van der Waals surface area contributed by atoms with E-state index in [9.17, 15) is 14.4 Å². The topological polar surface area (TPSA) is 72.9 Å². The second kappa shape index (κ2) is 7.51. The molecule has 0 bridgehead atoms. The van der Waals surface area contributed by atoms with Gasteiger partial charge in [0.1, 0.15) is 12.4 Å². The van der Waals surface area contributed by atoms with Crippen LogP contribution >= 0.6 is 0 Å². The average molecular weight is 343 g/mol. The molecule has 1 fully saturated rings. The second-order valence-electron chi connectivity index (χ2n) is 6.21. The third-order valence-electron chi connectivity index (χ3n) is 4.72. The molecule has 6 heteroatoms. The second-order valence-corrected chi connectivity index (χ2v) is 6.21. The van der Waals surface area contributed by atoms with Crippen LogP contribution < -0.4 is 4.74 Å². The van der Waals surface area contributed by atoms with Gasteiger partial charge in [-0.15, -0.1) is 0 Å². The van der Waals surface area contributed by atoms with Crippen molar-refractivity contribution in [2.24, 2.45) is 11.8 Å². The molecule has 1 saturated heterocycles. The Kier molecular flexibility index (Phi) is 5.16. The molecule has 6 nitrogen and oxygen atoms in total. The smallest absolute Gasteiger partial charge is 0.307 e. The molecular weight excluding hydrogens is 322 g/mol. The van der Waals surface area contributed by atoms with Crippen molar-refractivity contribution in [1.82, 2.24) is 4.90 Å². The fourth-order valence-corrected chi connectivity index (χ4v) is 3.35. The van der Waals surface area contributed by atoms with E-state index in [0.29, 0.717) is 18.6 Å². The molecule has 1 aromatic carbocycles. The van der Waals surface area contributed by atoms with E-state index in [1.807, 2.05) is 30.4 Å². The van der Waals surface area contributed by atoms with Crippen molar-refractivity contribution in [3.63, 3.8) is 0 Å². The van der Waals surface area contributed by atoms with E-state index in [1.165, 1.54) is 4.90 Å². The van der Waals surface area contributed by atoms with Crippen LogP contribution in [0.3, 0.4) is 0 Å². The predicted octanol–water partition coefficient (Wildman–Crippen LogP) is 2.08. The molecule has 1 aliphatic carbocycles. The summed E-state index contributed by atoms with van der Waals surface area (Å²) in [5.74, 6) is -0.658. The number of carbonyl (C=O) groups excluding carboxylic acids is 3. The van der Waals surface area contributed by atoms with E-state index >= 15 is 0 Å². The maximum absolute atomic E-state index is 12.3. The van der Waals surface area contributed by atoms with Crippen LogP contribution in [0, 0.1) is 11.8 Å². The summed E-state index contributed by atoms with van der Waals surface area (Å²) < 4.78 is 10.4. The number of methoxy groups -OCH3 is 1. The van der Waals surface area contributed by atoms with Gasteiger partial charge < -0.3 is 9.47 Å². The van der Waals surface area contributed by atoms with Gasteiger partial charge in [-0.25, -0.2) is 0 Å². The summed E-state index contributed by atoms with van der Waals surface area (Å²) >= 11 is 0. The molecule has 0 aromatic heterocycles. The van der Waals surface area contributed by atoms with Crippen molar-refractivity contribution in [2.45, 2.75) is 25.9 Å². The summed E-state index contributed by atoms with van der Waals surface area (Å²) in [6.07, 6.45) is 5.09. The van der Waals surface area contributed by atoms with Crippen LogP contribution in [0.15, 0.2) is 36.4 Å². The number of amides is 2. The summed E-state index contributed by atoms with van der Waals surface area (Å²) in [6.45, 7) is 0.176. The van der Waals surface area contributed by atoms with Gasteiger partial charge in [0.2, 0.25) is 11.8 Å². The number of imide groups is 1. The van der Waals surface area contributed by atoms with E-state index < -0.39 is 5.97 Å². The van der Waals surface area contributed by atoms with Crippen LogP contribution in [-0.2, 0) is 25.7 Å². The van der Waals surface area contributed by atoms with Gasteiger partial charge >= 0.3 is 5.97 Å². The lowest BCUT2D eigenvalue weighted by Crippen LogP contribution is -2.33. The number of esters is 1. The van der Waals surface area contributed by atoms with Gasteiger partial charge in [-0.3, -0.25) is 19.3 Å². The number of benzene rings is 1. The number of fused-ring (bicyclic) bond motifs is 1. The first-order valence-corrected chi connectivity index (χ1v) is 8.39. The molecule has 1 aromatic rings. The lowest BCUT2D eigenvalue weighted by molar-refractivity contribution is -0.146. The first-order valence-electron chi connectivity index (χ1n) is 8.39. The van der Waals surface area contributed by atoms with E-state index in [0.717, 1.165) is 5.56 Å². The standard InChI is InChI=1S/C19H21NO5/c1-24-16-9-5-2-6-13(16)12-25-17(21)10-11-20-18(22)14-7-3-4-8-15(14)19(20)23/h2-6,9,14-15H,7-8,10-12H2,1H3. The summed E-state index contributed by atoms with van der Waals surface area (Å²) in [5, 5.41) is 0. The molecule has 1 heterocycles. The largest absolute Gasteiger partial charge is 0.496 e. The summed E-state index contributed by atoms with van der Waals surface area (Å²) in [5.41, 5.74) is 0.767. The van der Waals surface area contributed by atoms with Gasteiger partial charge in [0.05, 0.1) is 25.4 Å². The van der Waals surface area contributed by atoms with Crippen molar-refractivity contribution in [2.75, 3.05) is 13.7 Å². The molecular formula is C19H21NO5. The Morgan fingerprint density at radius 1 is 1.12 bits per heavy atom. The summed E-state index contributed by atoms with van der Waals surface area (Å²) in [4.78, 5) is 37.8. The van der Waals surface area contributed by atoms with E-state index in [2.05, 4.69) is 0 Å². The van der Waals surface area contributed by atoms with Crippen molar-refractivity contribution < 1.29 is 23.9 Å². The van der Waals surface area contributed by atoms with Crippen LogP contribution in [0.1, 0.15) is 24.8 Å². The maximum Gasteiger partial charge on any atom is 0.307 e. The highest BCUT2D eigenvalue weighted by Crippen LogP contribution is 2.35. The minimum absolute atomic E-state index is 0.000498. The van der Waals surface area contributed by atoms with Crippen LogP contribution in [0.5, 0.6) is 5.75 Å². The van der Waals surface area contributed by atoms with Crippen LogP contribution in [0.25, 0.3) is 0 Å². The lowest BCUT2D eigenvalue weighted by atomic mass is 9.85. The van der Waals surface area contributed by atoms with Gasteiger partial charge in [0, 0.05) is 12.1 Å². The van der Waals surface area contributed by atoms with Crippen molar-refractivity contribution in [3.05, 3.63) is 42.0 Å². The highest BCUT2D eigenvalue weighted by Gasteiger charge is 2.46. The molecule has 132 valence electrons. The monoisotopic (exact) mass is 343 g/mol. The number of hydrogen-bond donors (Lipinski definition) is 0. The molecule has 2 amide bonds. The first kappa shape index (κ1) is 17.2. The SMILES string of the molecule is COc1ccccc1COC(=O)CCN1C(=O)C2CC=CCC2C1=O. The van der Waals surface area contributed by atoms with E-state index in [4.69, 9.17) is 9.47 Å². The van der Waals surface area contributed by atoms with Gasteiger partial charge in [-0.2, -0.15) is 0 Å². The minimum Gasteiger partial charge on any atom is -0.496 e. The first-order chi connectivity index (χ1) is 12.1. The highest BCUT2D eigenvalue weighted by molar-refractivity contribution is 6.05. The van der Waals surface area contributed by atoms with Crippen LogP contribution in [0.2, 0.25) is 0 Å². The molecule has 0 saturated carbocycles. The number of rotatable bonds is 6. The molecule has 2 unspecified atom stereocenters. The maximum atomic E-state index is 12.3. The Balaban J connectivity index is 1.51. The Morgan fingerprint density at radius 3 is 2.40 bits per heavy atom. The number of carbonyl (C=O) groups is 3. The predicted molar refractivity (Wildman–Crippen MR) is 89.5 cm³/mol. The highest BCUT2D eigenvalue weighted by atomic mass is 16.5. The number of allylic oxidation sites excluding steroid dienone is 2. The molecule has 3 rings (SSSR count). The zero-order valence-electron chi connectivity index (χ0n) is 14.1. The molecule has 2 atom stereocenters. The minimum atomic E-state index is -0.445. The number of likely N-dealkylation sites (tertiary alicyclic amines) is 1. The van der Waals surface area contributed by atoms with Gasteiger partial charge in [0.25, 0.3) is 0 Å². The third kappa shape index (κ3) is 3.57. The number of para-hydroxylation sites is 1. The van der Waals surface area contributed by atoms with E-state index in [-0.39, 0.29) is 43.2 Å². The molecule has 0 spiro atoms. The zero-order chi connectivity index (χ0) is 17.8. The molecule has 0 N–H and O–H groups in total. The molecule has 0 radical (unpaired) electrons. The molecule has 2 aliphatic rings. The third-order valence-corrected chi connectivity index (χ3v) is 4.72. The summed E-state index contributed by atoms with van der Waals surface area (Å²) in [7, 11) is 1.56. The van der Waals surface area contributed by atoms with Gasteiger partial charge in [-0.05, 0) is 18.9 Å². The number of hydrogen-bond acceptors (Lipinski definition) is 5. The van der Waals surface area contributed by atoms with Gasteiger partial charge in [-0.1, -0.05) is 30.4 Å². The lowest BCUT2D eigenvalue weighted by Gasteiger charge is -2.14. The fraction of sp³-hybridized carbons (Fsp3) is 0.421. The molecule has 1 aliphatic heterocycles. The number of nitrogens with zero attached hydrogens (tertiary/aromatic N) is 1. The van der Waals surface area contributed by atoms with Gasteiger partial charge in [0.15, 0.2) is 0 Å². The Morgan fingerprint density at radius 2 is 1.76 bits per heavy atom. The average Bonchev–Trinajstić information content (AvgIpc) is 2.89. The number of ether oxygens (including phenoxy) is 2. The normalized spacial score (nSPS) is 22.0. The van der Waals surface area contributed by atoms with Crippen molar-refractivity contribution >= 4 is 17.8 Å². The van der Waals surface area contributed by atoms with Crippen LogP contribution in [0.4, 0.5) is 0 Å². The molecule has 25 heavy (non-hydrogen) atoms. The zero-order valence-corrected chi connectivity index (χ0v) is 14.1. The fourth-order valence-electron chi connectivity index (χ4n) is 3.35. The Bertz CT molecular complexity index is 686. The summed E-state index contributed by atoms with van der Waals surface area (Å²) in [6, 6.07) is 7.28. The van der Waals surface area contributed by atoms with E-state index in [1.54, 1.807) is 13.2 Å². The Hall–Kier alpha value is -2.63.